The van der Waals surface area contributed by atoms with Gasteiger partial charge in [0.1, 0.15) is 11.6 Å². The van der Waals surface area contributed by atoms with Crippen molar-refractivity contribution >= 4 is 23.2 Å². The molecule has 5 nitrogen and oxygen atoms in total. The molecule has 1 amide bonds. The van der Waals surface area contributed by atoms with E-state index >= 15 is 0 Å². The first-order valence-corrected chi connectivity index (χ1v) is 6.86. The van der Waals surface area contributed by atoms with Crippen molar-refractivity contribution in [2.24, 2.45) is 0 Å². The Morgan fingerprint density at radius 2 is 2.29 bits per heavy atom. The average Bonchev–Trinajstić information content (AvgIpc) is 2.46. The van der Waals surface area contributed by atoms with Gasteiger partial charge in [-0.15, -0.1) is 0 Å². The summed E-state index contributed by atoms with van der Waals surface area (Å²) in [6, 6.07) is 7.05. The van der Waals surface area contributed by atoms with Gasteiger partial charge in [-0.3, -0.25) is 4.79 Å². The van der Waals surface area contributed by atoms with Crippen LogP contribution in [0.1, 0.15) is 12.0 Å². The highest BCUT2D eigenvalue weighted by atomic mass is 35.5. The maximum absolute atomic E-state index is 12.0. The topological polar surface area (TPSA) is 74.1 Å². The summed E-state index contributed by atoms with van der Waals surface area (Å²) in [5.74, 6) is -0.475. The third-order valence-corrected chi connectivity index (χ3v) is 3.12. The molecule has 0 aliphatic rings. The van der Waals surface area contributed by atoms with Crippen molar-refractivity contribution in [3.63, 3.8) is 0 Å². The third kappa shape index (κ3) is 5.86. The molecule has 0 spiro atoms. The summed E-state index contributed by atoms with van der Waals surface area (Å²) in [7, 11) is 1.62. The molecule has 0 heterocycles. The van der Waals surface area contributed by atoms with Crippen LogP contribution in [0.3, 0.4) is 0 Å². The van der Waals surface area contributed by atoms with Gasteiger partial charge in [0.2, 0.25) is 0 Å². The van der Waals surface area contributed by atoms with Gasteiger partial charge in [-0.1, -0.05) is 17.7 Å². The van der Waals surface area contributed by atoms with E-state index in [2.05, 4.69) is 10.6 Å². The molecule has 1 aromatic carbocycles. The molecule has 0 atom stereocenters. The van der Waals surface area contributed by atoms with Crippen LogP contribution in [0, 0.1) is 18.3 Å². The fourth-order valence-corrected chi connectivity index (χ4v) is 1.69. The molecule has 0 aliphatic heterocycles. The number of nitriles is 1. The second kappa shape index (κ2) is 9.01. The quantitative estimate of drug-likeness (QED) is 0.461. The molecule has 0 radical (unpaired) electrons. The second-order valence-corrected chi connectivity index (χ2v) is 4.80. The predicted molar refractivity (Wildman–Crippen MR) is 83.0 cm³/mol. The van der Waals surface area contributed by atoms with Crippen molar-refractivity contribution in [2.75, 3.05) is 25.6 Å². The number of aryl methyl sites for hydroxylation is 1. The Morgan fingerprint density at radius 3 is 2.90 bits per heavy atom. The lowest BCUT2D eigenvalue weighted by Crippen LogP contribution is -2.17. The van der Waals surface area contributed by atoms with E-state index < -0.39 is 5.91 Å². The highest BCUT2D eigenvalue weighted by molar-refractivity contribution is 6.31. The van der Waals surface area contributed by atoms with E-state index in [4.69, 9.17) is 21.6 Å². The Morgan fingerprint density at radius 1 is 1.52 bits per heavy atom. The van der Waals surface area contributed by atoms with E-state index in [-0.39, 0.29) is 5.57 Å². The number of benzene rings is 1. The van der Waals surface area contributed by atoms with Gasteiger partial charge >= 0.3 is 0 Å². The number of nitrogens with one attached hydrogen (secondary N) is 2. The van der Waals surface area contributed by atoms with Crippen molar-refractivity contribution in [1.29, 1.82) is 5.26 Å². The van der Waals surface area contributed by atoms with Crippen molar-refractivity contribution in [3.8, 4) is 6.07 Å². The van der Waals surface area contributed by atoms with Gasteiger partial charge in [0.15, 0.2) is 0 Å². The Hall–Kier alpha value is -2.03. The zero-order valence-electron chi connectivity index (χ0n) is 12.1. The lowest BCUT2D eigenvalue weighted by atomic mass is 10.2. The van der Waals surface area contributed by atoms with E-state index in [1.165, 1.54) is 6.20 Å². The van der Waals surface area contributed by atoms with Crippen LogP contribution in [0.15, 0.2) is 30.0 Å². The molecule has 21 heavy (non-hydrogen) atoms. The number of hydrogen-bond acceptors (Lipinski definition) is 4. The van der Waals surface area contributed by atoms with Gasteiger partial charge in [0.25, 0.3) is 5.91 Å². The summed E-state index contributed by atoms with van der Waals surface area (Å²) in [6.45, 7) is 3.12. The van der Waals surface area contributed by atoms with Gasteiger partial charge in [0, 0.05) is 37.2 Å². The molecule has 112 valence electrons. The Bertz CT molecular complexity index is 565. The van der Waals surface area contributed by atoms with Gasteiger partial charge in [-0.25, -0.2) is 0 Å². The smallest absolute Gasteiger partial charge is 0.267 e. The average molecular weight is 308 g/mol. The first-order valence-electron chi connectivity index (χ1n) is 6.48. The second-order valence-electron chi connectivity index (χ2n) is 4.39. The van der Waals surface area contributed by atoms with Crippen molar-refractivity contribution in [2.45, 2.75) is 13.3 Å². The molecule has 0 fully saturated rings. The molecule has 6 heteroatoms. The Balaban J connectivity index is 2.60. The van der Waals surface area contributed by atoms with E-state index in [1.54, 1.807) is 25.3 Å². The van der Waals surface area contributed by atoms with E-state index in [1.807, 2.05) is 13.0 Å². The summed E-state index contributed by atoms with van der Waals surface area (Å²) in [5, 5.41) is 15.1. The zero-order valence-corrected chi connectivity index (χ0v) is 12.8. The Kier molecular flexibility index (Phi) is 7.30. The molecule has 0 aliphatic carbocycles. The molecule has 0 aromatic heterocycles. The molecule has 0 saturated carbocycles. The van der Waals surface area contributed by atoms with Crippen molar-refractivity contribution in [1.82, 2.24) is 5.32 Å². The summed E-state index contributed by atoms with van der Waals surface area (Å²) in [5.41, 5.74) is 1.48. The van der Waals surface area contributed by atoms with Crippen LogP contribution in [0.25, 0.3) is 0 Å². The molecule has 0 saturated heterocycles. The minimum atomic E-state index is -0.475. The SMILES string of the molecule is COCCCN/C=C(/C#N)C(=O)Nc1ccc(C)c(Cl)c1. The number of carbonyl (C=O) groups is 1. The number of halogens is 1. The van der Waals surface area contributed by atoms with Crippen LogP contribution in [-0.4, -0.2) is 26.2 Å². The van der Waals surface area contributed by atoms with E-state index in [0.717, 1.165) is 12.0 Å². The fraction of sp³-hybridized carbons (Fsp3) is 0.333. The first-order chi connectivity index (χ1) is 10.1. The Labute approximate surface area is 129 Å². The summed E-state index contributed by atoms with van der Waals surface area (Å²) < 4.78 is 4.91. The van der Waals surface area contributed by atoms with Crippen LogP contribution in [0.4, 0.5) is 5.69 Å². The lowest BCUT2D eigenvalue weighted by molar-refractivity contribution is -0.112. The summed E-state index contributed by atoms with van der Waals surface area (Å²) in [6.07, 6.45) is 2.20. The number of carbonyl (C=O) groups excluding carboxylic acids is 1. The number of rotatable bonds is 7. The fourth-order valence-electron chi connectivity index (χ4n) is 1.51. The third-order valence-electron chi connectivity index (χ3n) is 2.71. The summed E-state index contributed by atoms with van der Waals surface area (Å²) in [4.78, 5) is 12.0. The van der Waals surface area contributed by atoms with Crippen LogP contribution < -0.4 is 10.6 Å². The maximum Gasteiger partial charge on any atom is 0.267 e. The normalized spacial score (nSPS) is 10.9. The number of anilines is 1. The molecule has 1 aromatic rings. The number of methoxy groups -OCH3 is 1. The number of hydrogen-bond donors (Lipinski definition) is 2. The predicted octanol–water partition coefficient (Wildman–Crippen LogP) is 2.62. The van der Waals surface area contributed by atoms with Crippen LogP contribution >= 0.6 is 11.6 Å². The van der Waals surface area contributed by atoms with Gasteiger partial charge in [0.05, 0.1) is 0 Å². The lowest BCUT2D eigenvalue weighted by Gasteiger charge is -2.06. The molecular weight excluding hydrogens is 290 g/mol. The number of ether oxygens (including phenoxy) is 1. The standard InChI is InChI=1S/C15H18ClN3O2/c1-11-4-5-13(8-14(11)16)19-15(20)12(9-17)10-18-6-3-7-21-2/h4-5,8,10,18H,3,6-7H2,1-2H3,(H,19,20)/b12-10-. The molecule has 0 unspecified atom stereocenters. The van der Waals surface area contributed by atoms with Crippen LogP contribution in [0.5, 0.6) is 0 Å². The zero-order chi connectivity index (χ0) is 15.7. The summed E-state index contributed by atoms with van der Waals surface area (Å²) >= 11 is 5.99. The molecule has 0 bridgehead atoms. The maximum atomic E-state index is 12.0. The van der Waals surface area contributed by atoms with Crippen molar-refractivity contribution in [3.05, 3.63) is 40.6 Å². The van der Waals surface area contributed by atoms with Gasteiger partial charge in [-0.05, 0) is 31.0 Å². The number of nitrogens with zero attached hydrogens (tertiary/aromatic N) is 1. The van der Waals surface area contributed by atoms with E-state index in [0.29, 0.717) is 23.9 Å². The highest BCUT2D eigenvalue weighted by Gasteiger charge is 2.09. The minimum absolute atomic E-state index is 0.00381. The highest BCUT2D eigenvalue weighted by Crippen LogP contribution is 2.20. The monoisotopic (exact) mass is 307 g/mol. The largest absolute Gasteiger partial charge is 0.390 e. The van der Waals surface area contributed by atoms with Gasteiger partial charge in [-0.2, -0.15) is 5.26 Å². The minimum Gasteiger partial charge on any atom is -0.390 e. The molecule has 2 N–H and O–H groups in total. The molecule has 1 rings (SSSR count). The number of amides is 1. The molecular formula is C15H18ClN3O2. The van der Waals surface area contributed by atoms with Crippen LogP contribution in [0.2, 0.25) is 5.02 Å². The first kappa shape index (κ1) is 17.0. The van der Waals surface area contributed by atoms with Crippen molar-refractivity contribution < 1.29 is 9.53 Å². The van der Waals surface area contributed by atoms with Crippen LogP contribution in [-0.2, 0) is 9.53 Å². The van der Waals surface area contributed by atoms with E-state index in [9.17, 15) is 4.79 Å². The van der Waals surface area contributed by atoms with Gasteiger partial charge < -0.3 is 15.4 Å².